The van der Waals surface area contributed by atoms with E-state index in [1.54, 1.807) is 23.5 Å². The molecule has 6 heteroatoms. The van der Waals surface area contributed by atoms with Gasteiger partial charge in [-0.25, -0.2) is 9.78 Å². The van der Waals surface area contributed by atoms with Gasteiger partial charge in [-0.1, -0.05) is 31.5 Å². The second-order valence-electron chi connectivity index (χ2n) is 6.96. The Labute approximate surface area is 157 Å². The van der Waals surface area contributed by atoms with Gasteiger partial charge in [0.25, 0.3) is 0 Å². The molecule has 2 heterocycles. The van der Waals surface area contributed by atoms with Gasteiger partial charge >= 0.3 is 5.97 Å². The molecule has 0 unspecified atom stereocenters. The first-order valence-electron chi connectivity index (χ1n) is 8.63. The van der Waals surface area contributed by atoms with Crippen LogP contribution in [0.5, 0.6) is 0 Å². The average Bonchev–Trinajstić information content (AvgIpc) is 3.05. The third-order valence-corrected chi connectivity index (χ3v) is 5.99. The highest BCUT2D eigenvalue weighted by atomic mass is 35.5. The third-order valence-electron chi connectivity index (χ3n) is 4.66. The van der Waals surface area contributed by atoms with E-state index in [1.165, 1.54) is 17.1 Å². The van der Waals surface area contributed by atoms with Crippen LogP contribution in [0.3, 0.4) is 0 Å². The average molecular weight is 379 g/mol. The van der Waals surface area contributed by atoms with Crippen LogP contribution in [0.2, 0.25) is 5.02 Å². The number of aromatic carboxylic acids is 1. The Morgan fingerprint density at radius 3 is 2.92 bits per heavy atom. The van der Waals surface area contributed by atoms with Crippen LogP contribution in [0.25, 0.3) is 0 Å². The highest BCUT2D eigenvalue weighted by molar-refractivity contribution is 7.09. The van der Waals surface area contributed by atoms with Gasteiger partial charge in [0.2, 0.25) is 0 Å². The summed E-state index contributed by atoms with van der Waals surface area (Å²) in [6.45, 7) is 7.19. The number of rotatable bonds is 5. The molecule has 3 rings (SSSR count). The second-order valence-corrected chi connectivity index (χ2v) is 8.26. The Morgan fingerprint density at radius 1 is 1.48 bits per heavy atom. The number of carbonyl (C=O) groups is 1. The minimum absolute atomic E-state index is 0.158. The van der Waals surface area contributed by atoms with Crippen molar-refractivity contribution in [2.24, 2.45) is 0 Å². The molecule has 1 aromatic heterocycles. The summed E-state index contributed by atoms with van der Waals surface area (Å²) in [6.07, 6.45) is 2.34. The first-order valence-corrected chi connectivity index (χ1v) is 9.89. The van der Waals surface area contributed by atoms with Gasteiger partial charge in [0.15, 0.2) is 0 Å². The van der Waals surface area contributed by atoms with Crippen molar-refractivity contribution >= 4 is 28.9 Å². The molecule has 1 aliphatic heterocycles. The number of hydrogen-bond donors (Lipinski definition) is 1. The van der Waals surface area contributed by atoms with Gasteiger partial charge in [0, 0.05) is 24.4 Å². The number of likely N-dealkylation sites (tertiary alicyclic amines) is 1. The number of aromatic nitrogens is 1. The summed E-state index contributed by atoms with van der Waals surface area (Å²) < 4.78 is 0. The number of halogens is 1. The molecule has 0 saturated carbocycles. The summed E-state index contributed by atoms with van der Waals surface area (Å²) in [4.78, 5) is 18.3. The van der Waals surface area contributed by atoms with Gasteiger partial charge in [-0.2, -0.15) is 0 Å². The Hall–Kier alpha value is -1.43. The van der Waals surface area contributed by atoms with Crippen molar-refractivity contribution in [3.8, 4) is 0 Å². The first kappa shape index (κ1) is 18.4. The van der Waals surface area contributed by atoms with E-state index in [0.29, 0.717) is 16.9 Å². The van der Waals surface area contributed by atoms with Crippen LogP contribution >= 0.6 is 22.9 Å². The standard InChI is InChI=1S/C19H23ClN2O2S/c1-12(2)17-11-25-18(21-17)14-4-3-7-22(10-14)9-13-5-6-15(19(23)24)16(20)8-13/h5-6,8,11-12,14H,3-4,7,9-10H2,1-2H3,(H,23,24)/t14-/m0/s1. The smallest absolute Gasteiger partial charge is 0.337 e. The van der Waals surface area contributed by atoms with Crippen LogP contribution in [-0.4, -0.2) is 34.0 Å². The Bertz CT molecular complexity index is 760. The minimum Gasteiger partial charge on any atom is -0.478 e. The molecule has 1 aromatic carbocycles. The molecule has 1 atom stereocenters. The van der Waals surface area contributed by atoms with E-state index in [2.05, 4.69) is 24.1 Å². The fraction of sp³-hybridized carbons (Fsp3) is 0.474. The molecule has 0 aliphatic carbocycles. The predicted molar refractivity (Wildman–Crippen MR) is 102 cm³/mol. The zero-order valence-corrected chi connectivity index (χ0v) is 16.1. The molecule has 1 aliphatic rings. The lowest BCUT2D eigenvalue weighted by atomic mass is 9.98. The summed E-state index contributed by atoms with van der Waals surface area (Å²) in [5.41, 5.74) is 2.40. The number of benzene rings is 1. The molecule has 0 amide bonds. The van der Waals surface area contributed by atoms with Crippen molar-refractivity contribution in [1.82, 2.24) is 9.88 Å². The van der Waals surface area contributed by atoms with Crippen molar-refractivity contribution in [3.05, 3.63) is 50.4 Å². The van der Waals surface area contributed by atoms with E-state index in [9.17, 15) is 4.79 Å². The summed E-state index contributed by atoms with van der Waals surface area (Å²) in [7, 11) is 0. The normalized spacial score (nSPS) is 18.6. The van der Waals surface area contributed by atoms with Crippen LogP contribution < -0.4 is 0 Å². The summed E-state index contributed by atoms with van der Waals surface area (Å²) >= 11 is 7.87. The van der Waals surface area contributed by atoms with E-state index in [0.717, 1.165) is 31.6 Å². The number of carboxylic acids is 1. The summed E-state index contributed by atoms with van der Waals surface area (Å²) in [6, 6.07) is 5.23. The second kappa shape index (κ2) is 7.85. The third kappa shape index (κ3) is 4.40. The Balaban J connectivity index is 1.67. The minimum atomic E-state index is -0.987. The van der Waals surface area contributed by atoms with Gasteiger partial charge in [-0.3, -0.25) is 4.90 Å². The van der Waals surface area contributed by atoms with Gasteiger partial charge in [0.1, 0.15) is 0 Å². The van der Waals surface area contributed by atoms with Crippen LogP contribution in [0, 0.1) is 0 Å². The summed E-state index contributed by atoms with van der Waals surface area (Å²) in [5.74, 6) is -0.0288. The molecular weight excluding hydrogens is 356 g/mol. The zero-order chi connectivity index (χ0) is 18.0. The fourth-order valence-corrected chi connectivity index (χ4v) is 4.64. The monoisotopic (exact) mass is 378 g/mol. The van der Waals surface area contributed by atoms with Gasteiger partial charge in [-0.15, -0.1) is 11.3 Å². The van der Waals surface area contributed by atoms with Crippen LogP contribution in [-0.2, 0) is 6.54 Å². The van der Waals surface area contributed by atoms with E-state index in [4.69, 9.17) is 21.7 Å². The molecule has 1 N–H and O–H groups in total. The van der Waals surface area contributed by atoms with Gasteiger partial charge in [0.05, 0.1) is 21.3 Å². The first-order chi connectivity index (χ1) is 11.9. The van der Waals surface area contributed by atoms with Crippen molar-refractivity contribution in [2.45, 2.75) is 45.1 Å². The number of nitrogens with zero attached hydrogens (tertiary/aromatic N) is 2. The lowest BCUT2D eigenvalue weighted by Gasteiger charge is -2.31. The molecule has 4 nitrogen and oxygen atoms in total. The molecule has 134 valence electrons. The zero-order valence-electron chi connectivity index (χ0n) is 14.5. The van der Waals surface area contributed by atoms with Gasteiger partial charge < -0.3 is 5.11 Å². The molecule has 1 saturated heterocycles. The molecule has 0 radical (unpaired) electrons. The summed E-state index contributed by atoms with van der Waals surface area (Å²) in [5, 5.41) is 12.8. The maximum atomic E-state index is 11.1. The SMILES string of the molecule is CC(C)c1csc([C@H]2CCCN(Cc3ccc(C(=O)O)c(Cl)c3)C2)n1. The number of hydrogen-bond acceptors (Lipinski definition) is 4. The van der Waals surface area contributed by atoms with E-state index in [-0.39, 0.29) is 5.56 Å². The van der Waals surface area contributed by atoms with Crippen LogP contribution in [0.1, 0.15) is 65.1 Å². The number of thiazole rings is 1. The maximum Gasteiger partial charge on any atom is 0.337 e. The molecule has 25 heavy (non-hydrogen) atoms. The van der Waals surface area contributed by atoms with Crippen molar-refractivity contribution in [1.29, 1.82) is 0 Å². The highest BCUT2D eigenvalue weighted by Gasteiger charge is 2.24. The van der Waals surface area contributed by atoms with E-state index in [1.807, 2.05) is 6.07 Å². The van der Waals surface area contributed by atoms with Gasteiger partial charge in [-0.05, 0) is 43.0 Å². The molecular formula is C19H23ClN2O2S. The Morgan fingerprint density at radius 2 is 2.28 bits per heavy atom. The highest BCUT2D eigenvalue weighted by Crippen LogP contribution is 2.31. The van der Waals surface area contributed by atoms with Crippen molar-refractivity contribution < 1.29 is 9.90 Å². The topological polar surface area (TPSA) is 53.4 Å². The molecule has 0 bridgehead atoms. The van der Waals surface area contributed by atoms with E-state index >= 15 is 0 Å². The lowest BCUT2D eigenvalue weighted by molar-refractivity contribution is 0.0697. The number of carboxylic acid groups (broad SMARTS) is 1. The van der Waals surface area contributed by atoms with Crippen molar-refractivity contribution in [2.75, 3.05) is 13.1 Å². The van der Waals surface area contributed by atoms with Crippen molar-refractivity contribution in [3.63, 3.8) is 0 Å². The molecule has 2 aromatic rings. The number of piperidine rings is 1. The lowest BCUT2D eigenvalue weighted by Crippen LogP contribution is -2.33. The van der Waals surface area contributed by atoms with Crippen LogP contribution in [0.15, 0.2) is 23.6 Å². The Kier molecular flexibility index (Phi) is 5.77. The fourth-order valence-electron chi connectivity index (χ4n) is 3.24. The maximum absolute atomic E-state index is 11.1. The predicted octanol–water partition coefficient (Wildman–Crippen LogP) is 5.00. The molecule has 0 spiro atoms. The van der Waals surface area contributed by atoms with Crippen LogP contribution in [0.4, 0.5) is 0 Å². The van der Waals surface area contributed by atoms with E-state index < -0.39 is 5.97 Å². The molecule has 1 fully saturated rings. The quantitative estimate of drug-likeness (QED) is 0.795. The largest absolute Gasteiger partial charge is 0.478 e.